The van der Waals surface area contributed by atoms with Gasteiger partial charge in [-0.15, -0.1) is 0 Å². The number of imidazole rings is 1. The SMILES string of the molecule is Oc1c2c(N3CCC(C(F)F)C3)ccnc2cn1CCc1cn2ccccc2n1. The third-order valence-electron chi connectivity index (χ3n) is 5.68. The van der Waals surface area contributed by atoms with Crippen LogP contribution in [0, 0.1) is 5.92 Å². The molecule has 150 valence electrons. The van der Waals surface area contributed by atoms with Crippen molar-refractivity contribution in [3.63, 3.8) is 0 Å². The number of alkyl halides is 2. The summed E-state index contributed by atoms with van der Waals surface area (Å²) in [6.45, 7) is 1.40. The number of halogens is 2. The molecule has 1 unspecified atom stereocenters. The molecule has 5 rings (SSSR count). The van der Waals surface area contributed by atoms with Crippen molar-refractivity contribution in [2.75, 3.05) is 18.0 Å². The molecule has 1 fully saturated rings. The predicted molar refractivity (Wildman–Crippen MR) is 107 cm³/mol. The van der Waals surface area contributed by atoms with E-state index in [1.54, 1.807) is 16.8 Å². The molecule has 5 heterocycles. The molecule has 1 aliphatic rings. The minimum absolute atomic E-state index is 0.118. The van der Waals surface area contributed by atoms with Crippen LogP contribution in [0.1, 0.15) is 12.1 Å². The first-order valence-electron chi connectivity index (χ1n) is 9.72. The van der Waals surface area contributed by atoms with E-state index in [0.29, 0.717) is 43.4 Å². The van der Waals surface area contributed by atoms with Gasteiger partial charge in [0.25, 0.3) is 0 Å². The number of fused-ring (bicyclic) bond motifs is 2. The maximum atomic E-state index is 13.1. The highest BCUT2D eigenvalue weighted by Gasteiger charge is 2.31. The number of hydrogen-bond acceptors (Lipinski definition) is 4. The molecule has 0 radical (unpaired) electrons. The molecule has 4 aromatic heterocycles. The van der Waals surface area contributed by atoms with Crippen LogP contribution in [0.4, 0.5) is 14.5 Å². The first-order chi connectivity index (χ1) is 14.1. The minimum atomic E-state index is -2.32. The lowest BCUT2D eigenvalue weighted by Crippen LogP contribution is -2.22. The van der Waals surface area contributed by atoms with Crippen molar-refractivity contribution in [2.45, 2.75) is 25.8 Å². The molecule has 0 amide bonds. The number of pyridine rings is 2. The Morgan fingerprint density at radius 2 is 2.10 bits per heavy atom. The number of aromatic hydroxyl groups is 1. The average Bonchev–Trinajstić information content (AvgIpc) is 3.43. The van der Waals surface area contributed by atoms with Crippen molar-refractivity contribution >= 4 is 22.2 Å². The first-order valence-corrected chi connectivity index (χ1v) is 9.72. The van der Waals surface area contributed by atoms with Crippen LogP contribution in [-0.2, 0) is 13.0 Å². The molecule has 0 aromatic carbocycles. The number of nitrogens with zero attached hydrogens (tertiary/aromatic N) is 5. The van der Waals surface area contributed by atoms with Gasteiger partial charge in [-0.25, -0.2) is 13.8 Å². The molecule has 1 saturated heterocycles. The highest BCUT2D eigenvalue weighted by Crippen LogP contribution is 2.37. The fourth-order valence-corrected chi connectivity index (χ4v) is 4.14. The third-order valence-corrected chi connectivity index (χ3v) is 5.68. The highest BCUT2D eigenvalue weighted by molar-refractivity contribution is 5.96. The highest BCUT2D eigenvalue weighted by atomic mass is 19.3. The van der Waals surface area contributed by atoms with Gasteiger partial charge in [0, 0.05) is 56.8 Å². The Hall–Kier alpha value is -3.16. The molecule has 0 aliphatic carbocycles. The van der Waals surface area contributed by atoms with Crippen molar-refractivity contribution in [3.8, 4) is 5.88 Å². The molecule has 1 aliphatic heterocycles. The molecule has 1 atom stereocenters. The molecular weight excluding hydrogens is 376 g/mol. The Balaban J connectivity index is 1.41. The predicted octanol–water partition coefficient (Wildman–Crippen LogP) is 3.72. The monoisotopic (exact) mass is 397 g/mol. The van der Waals surface area contributed by atoms with E-state index in [1.807, 2.05) is 46.1 Å². The second kappa shape index (κ2) is 7.02. The number of hydrogen-bond donors (Lipinski definition) is 1. The fourth-order valence-electron chi connectivity index (χ4n) is 4.14. The second-order valence-corrected chi connectivity index (χ2v) is 7.51. The molecule has 0 bridgehead atoms. The van der Waals surface area contributed by atoms with Crippen LogP contribution in [-0.4, -0.2) is 43.6 Å². The summed E-state index contributed by atoms with van der Waals surface area (Å²) in [5.74, 6) is -0.509. The molecule has 4 aromatic rings. The number of rotatable bonds is 5. The molecule has 8 heteroatoms. The van der Waals surface area contributed by atoms with Gasteiger partial charge in [0.05, 0.1) is 22.3 Å². The fraction of sp³-hybridized carbons (Fsp3) is 0.333. The minimum Gasteiger partial charge on any atom is -0.494 e. The summed E-state index contributed by atoms with van der Waals surface area (Å²) in [6.07, 6.45) is 6.20. The van der Waals surface area contributed by atoms with Crippen LogP contribution >= 0.6 is 0 Å². The Labute approximate surface area is 166 Å². The van der Waals surface area contributed by atoms with E-state index >= 15 is 0 Å². The van der Waals surface area contributed by atoms with Gasteiger partial charge >= 0.3 is 0 Å². The zero-order valence-electron chi connectivity index (χ0n) is 15.7. The summed E-state index contributed by atoms with van der Waals surface area (Å²) in [5.41, 5.74) is 3.24. The standard InChI is InChI=1S/C21H21F2N5O/c22-20(23)14-5-9-26(11-14)17-4-7-24-16-13-28(21(29)19(16)17)10-6-15-12-27-8-2-1-3-18(27)25-15/h1-4,7-8,12-14,20,29H,5-6,9-11H2. The molecule has 6 nitrogen and oxygen atoms in total. The molecule has 1 N–H and O–H groups in total. The van der Waals surface area contributed by atoms with Gasteiger partial charge in [-0.1, -0.05) is 6.07 Å². The Kier molecular flexibility index (Phi) is 4.34. The van der Waals surface area contributed by atoms with Gasteiger partial charge < -0.3 is 19.0 Å². The molecule has 0 saturated carbocycles. The number of aromatic nitrogens is 4. The molecule has 29 heavy (non-hydrogen) atoms. The smallest absolute Gasteiger partial charge is 0.243 e. The van der Waals surface area contributed by atoms with Gasteiger partial charge in [-0.3, -0.25) is 4.98 Å². The summed E-state index contributed by atoms with van der Waals surface area (Å²) < 4.78 is 29.9. The maximum absolute atomic E-state index is 13.1. The van der Waals surface area contributed by atoms with Crippen LogP contribution in [0.2, 0.25) is 0 Å². The summed E-state index contributed by atoms with van der Waals surface area (Å²) in [5, 5.41) is 11.5. The maximum Gasteiger partial charge on any atom is 0.243 e. The van der Waals surface area contributed by atoms with Gasteiger partial charge in [0.1, 0.15) is 5.65 Å². The van der Waals surface area contributed by atoms with Crippen LogP contribution in [0.15, 0.2) is 49.1 Å². The lowest BCUT2D eigenvalue weighted by Gasteiger charge is -2.19. The van der Waals surface area contributed by atoms with Crippen molar-refractivity contribution in [3.05, 3.63) is 54.7 Å². The van der Waals surface area contributed by atoms with E-state index in [0.717, 1.165) is 17.0 Å². The molecule has 0 spiro atoms. The van der Waals surface area contributed by atoms with Gasteiger partial charge in [0.15, 0.2) is 0 Å². The lowest BCUT2D eigenvalue weighted by atomic mass is 10.1. The summed E-state index contributed by atoms with van der Waals surface area (Å²) >= 11 is 0. The number of aryl methyl sites for hydroxylation is 2. The topological polar surface area (TPSA) is 58.6 Å². The van der Waals surface area contributed by atoms with Crippen LogP contribution in [0.3, 0.4) is 0 Å². The quantitative estimate of drug-likeness (QED) is 0.558. The van der Waals surface area contributed by atoms with Crippen molar-refractivity contribution < 1.29 is 13.9 Å². The van der Waals surface area contributed by atoms with E-state index < -0.39 is 12.3 Å². The second-order valence-electron chi connectivity index (χ2n) is 7.51. The largest absolute Gasteiger partial charge is 0.494 e. The summed E-state index contributed by atoms with van der Waals surface area (Å²) in [6, 6.07) is 7.64. The van der Waals surface area contributed by atoms with Gasteiger partial charge in [-0.2, -0.15) is 0 Å². The van der Waals surface area contributed by atoms with E-state index in [4.69, 9.17) is 0 Å². The van der Waals surface area contributed by atoms with Gasteiger partial charge in [-0.05, 0) is 24.6 Å². The zero-order valence-corrected chi connectivity index (χ0v) is 15.7. The van der Waals surface area contributed by atoms with Crippen molar-refractivity contribution in [2.24, 2.45) is 5.92 Å². The summed E-state index contributed by atoms with van der Waals surface area (Å²) in [7, 11) is 0. The Morgan fingerprint density at radius 3 is 2.90 bits per heavy atom. The normalized spacial score (nSPS) is 17.2. The van der Waals surface area contributed by atoms with Crippen LogP contribution in [0.5, 0.6) is 5.88 Å². The number of anilines is 1. The van der Waals surface area contributed by atoms with Crippen LogP contribution < -0.4 is 4.90 Å². The first kappa shape index (κ1) is 17.9. The summed E-state index contributed by atoms with van der Waals surface area (Å²) in [4.78, 5) is 10.9. The van der Waals surface area contributed by atoms with Gasteiger partial charge in [0.2, 0.25) is 12.3 Å². The molecular formula is C21H21F2N5O. The zero-order chi connectivity index (χ0) is 20.0. The van der Waals surface area contributed by atoms with E-state index in [2.05, 4.69) is 9.97 Å². The van der Waals surface area contributed by atoms with Crippen molar-refractivity contribution in [1.82, 2.24) is 18.9 Å². The van der Waals surface area contributed by atoms with E-state index in [-0.39, 0.29) is 5.88 Å². The van der Waals surface area contributed by atoms with Crippen molar-refractivity contribution in [1.29, 1.82) is 0 Å². The van der Waals surface area contributed by atoms with E-state index in [9.17, 15) is 13.9 Å². The third kappa shape index (κ3) is 3.18. The Bertz CT molecular complexity index is 1140. The lowest BCUT2D eigenvalue weighted by molar-refractivity contribution is 0.0880. The van der Waals surface area contributed by atoms with E-state index in [1.165, 1.54) is 0 Å². The van der Waals surface area contributed by atoms with Crippen LogP contribution in [0.25, 0.3) is 16.6 Å². The average molecular weight is 397 g/mol. The Morgan fingerprint density at radius 1 is 1.21 bits per heavy atom.